The van der Waals surface area contributed by atoms with Gasteiger partial charge in [0, 0.05) is 32.3 Å². The fourth-order valence-electron chi connectivity index (χ4n) is 3.42. The third-order valence-corrected chi connectivity index (χ3v) is 5.27. The molecular weight excluding hydrogens is 374 g/mol. The molecule has 1 aliphatic heterocycles. The number of amides is 1. The van der Waals surface area contributed by atoms with Gasteiger partial charge in [-0.2, -0.15) is 5.10 Å². The monoisotopic (exact) mass is 395 g/mol. The highest BCUT2D eigenvalue weighted by Gasteiger charge is 2.34. The molecule has 1 atom stereocenters. The van der Waals surface area contributed by atoms with Crippen LogP contribution in [-0.4, -0.2) is 44.3 Å². The van der Waals surface area contributed by atoms with E-state index in [0.29, 0.717) is 48.5 Å². The Labute approximate surface area is 166 Å². The number of carbonyl (C=O) groups is 1. The molecule has 0 aromatic carbocycles. The van der Waals surface area contributed by atoms with Crippen molar-refractivity contribution in [3.8, 4) is 11.6 Å². The lowest BCUT2D eigenvalue weighted by Crippen LogP contribution is -2.32. The van der Waals surface area contributed by atoms with Crippen LogP contribution in [0.25, 0.3) is 5.65 Å². The van der Waals surface area contributed by atoms with E-state index in [-0.39, 0.29) is 11.6 Å². The summed E-state index contributed by atoms with van der Waals surface area (Å²) >= 11 is 0. The lowest BCUT2D eigenvalue weighted by atomic mass is 10.3. The van der Waals surface area contributed by atoms with Crippen LogP contribution in [0, 0.1) is 5.92 Å². The molecule has 1 saturated carbocycles. The second-order valence-electron chi connectivity index (χ2n) is 7.49. The maximum atomic E-state index is 12.8. The molecule has 0 N–H and O–H groups in total. The summed E-state index contributed by atoms with van der Waals surface area (Å²) < 4.78 is 14.2. The van der Waals surface area contributed by atoms with Crippen molar-refractivity contribution in [1.82, 2.24) is 19.2 Å². The molecule has 1 aliphatic carbocycles. The van der Waals surface area contributed by atoms with E-state index < -0.39 is 6.10 Å². The van der Waals surface area contributed by atoms with Crippen molar-refractivity contribution in [2.75, 3.05) is 18.1 Å². The average Bonchev–Trinajstić information content (AvgIpc) is 3.44. The zero-order chi connectivity index (χ0) is 20.0. The molecule has 29 heavy (non-hydrogen) atoms. The number of hydrogen-bond acceptors (Lipinski definition) is 6. The predicted octanol–water partition coefficient (Wildman–Crippen LogP) is 1.40. The van der Waals surface area contributed by atoms with Crippen LogP contribution in [0.2, 0.25) is 0 Å². The van der Waals surface area contributed by atoms with Crippen LogP contribution in [0.5, 0.6) is 11.6 Å². The van der Waals surface area contributed by atoms with Gasteiger partial charge < -0.3 is 14.4 Å². The summed E-state index contributed by atoms with van der Waals surface area (Å²) in [6.45, 7) is 1.22. The van der Waals surface area contributed by atoms with E-state index in [1.165, 1.54) is 21.9 Å². The van der Waals surface area contributed by atoms with Gasteiger partial charge in [0.2, 0.25) is 5.88 Å². The van der Waals surface area contributed by atoms with Crippen LogP contribution in [0.15, 0.2) is 41.5 Å². The van der Waals surface area contributed by atoms with Crippen molar-refractivity contribution in [2.45, 2.75) is 25.4 Å². The summed E-state index contributed by atoms with van der Waals surface area (Å²) in [6.07, 6.45) is 5.64. The molecule has 9 heteroatoms. The molecule has 0 radical (unpaired) electrons. The number of aromatic nitrogens is 4. The van der Waals surface area contributed by atoms with Crippen molar-refractivity contribution in [2.24, 2.45) is 13.0 Å². The molecule has 2 fully saturated rings. The molecule has 3 aromatic rings. The molecule has 9 nitrogen and oxygen atoms in total. The van der Waals surface area contributed by atoms with Gasteiger partial charge in [-0.05, 0) is 37.0 Å². The Morgan fingerprint density at radius 2 is 2.00 bits per heavy atom. The van der Waals surface area contributed by atoms with Gasteiger partial charge in [0.1, 0.15) is 5.75 Å². The highest BCUT2D eigenvalue weighted by atomic mass is 16.5. The Morgan fingerprint density at radius 1 is 1.14 bits per heavy atom. The van der Waals surface area contributed by atoms with Gasteiger partial charge in [0.15, 0.2) is 11.8 Å². The number of rotatable bonds is 6. The molecular formula is C20H21N5O4. The fourth-order valence-corrected chi connectivity index (χ4v) is 3.42. The number of carbonyl (C=O) groups excluding carboxylic acids is 1. The molecule has 1 amide bonds. The van der Waals surface area contributed by atoms with Crippen LogP contribution in [0.3, 0.4) is 0 Å². The Hall–Kier alpha value is -3.36. The van der Waals surface area contributed by atoms with Gasteiger partial charge >= 0.3 is 5.69 Å². The van der Waals surface area contributed by atoms with E-state index in [0.717, 1.165) is 0 Å². The number of anilines is 1. The molecule has 0 bridgehead atoms. The summed E-state index contributed by atoms with van der Waals surface area (Å²) in [6, 6.07) is 7.04. The Balaban J connectivity index is 1.27. The van der Waals surface area contributed by atoms with Gasteiger partial charge in [-0.15, -0.1) is 0 Å². The number of aryl methyl sites for hydroxylation is 1. The molecule has 4 heterocycles. The molecule has 1 saturated heterocycles. The number of hydrogen-bond donors (Lipinski definition) is 0. The Bertz CT molecular complexity index is 1120. The van der Waals surface area contributed by atoms with Crippen LogP contribution in [-0.2, 0) is 11.8 Å². The summed E-state index contributed by atoms with van der Waals surface area (Å²) in [4.78, 5) is 30.8. The molecule has 0 unspecified atom stereocenters. The van der Waals surface area contributed by atoms with Crippen molar-refractivity contribution in [1.29, 1.82) is 0 Å². The first-order valence-corrected chi connectivity index (χ1v) is 9.71. The first kappa shape index (κ1) is 17.7. The first-order valence-electron chi connectivity index (χ1n) is 9.71. The average molecular weight is 395 g/mol. The quantitative estimate of drug-likeness (QED) is 0.627. The first-order chi connectivity index (χ1) is 14.1. The minimum absolute atomic E-state index is 0.143. The molecule has 5 rings (SSSR count). The minimum atomic E-state index is -0.587. The minimum Gasteiger partial charge on any atom is -0.479 e. The summed E-state index contributed by atoms with van der Waals surface area (Å²) in [5, 5.41) is 4.13. The number of nitrogens with zero attached hydrogens (tertiary/aromatic N) is 5. The highest BCUT2D eigenvalue weighted by Crippen LogP contribution is 2.29. The summed E-state index contributed by atoms with van der Waals surface area (Å²) in [5.74, 6) is 1.62. The van der Waals surface area contributed by atoms with Crippen LogP contribution in [0.1, 0.15) is 19.3 Å². The SMILES string of the molecule is Cn1nc2ccc(N3CC[C@@H](Oc4ccc(OCC5CC5)nc4)C3=O)cn2c1=O. The topological polar surface area (TPSA) is 91.0 Å². The Kier molecular flexibility index (Phi) is 4.22. The van der Waals surface area contributed by atoms with Crippen molar-refractivity contribution in [3.05, 3.63) is 47.1 Å². The lowest BCUT2D eigenvalue weighted by molar-refractivity contribution is -0.122. The maximum Gasteiger partial charge on any atom is 0.350 e. The largest absolute Gasteiger partial charge is 0.479 e. The van der Waals surface area contributed by atoms with E-state index >= 15 is 0 Å². The zero-order valence-electron chi connectivity index (χ0n) is 16.0. The van der Waals surface area contributed by atoms with Crippen LogP contribution in [0.4, 0.5) is 5.69 Å². The predicted molar refractivity (Wildman–Crippen MR) is 104 cm³/mol. The number of ether oxygens (including phenoxy) is 2. The van der Waals surface area contributed by atoms with Gasteiger partial charge in [0.25, 0.3) is 5.91 Å². The van der Waals surface area contributed by atoms with Crippen molar-refractivity contribution < 1.29 is 14.3 Å². The third kappa shape index (κ3) is 3.43. The van der Waals surface area contributed by atoms with Gasteiger partial charge in [-0.3, -0.25) is 4.79 Å². The molecule has 150 valence electrons. The zero-order valence-corrected chi connectivity index (χ0v) is 16.0. The van der Waals surface area contributed by atoms with Gasteiger partial charge in [-0.25, -0.2) is 18.9 Å². The Morgan fingerprint density at radius 3 is 2.76 bits per heavy atom. The van der Waals surface area contributed by atoms with E-state index in [4.69, 9.17) is 9.47 Å². The number of pyridine rings is 2. The van der Waals surface area contributed by atoms with Crippen LogP contribution >= 0.6 is 0 Å². The third-order valence-electron chi connectivity index (χ3n) is 5.27. The van der Waals surface area contributed by atoms with Crippen molar-refractivity contribution in [3.63, 3.8) is 0 Å². The second-order valence-corrected chi connectivity index (χ2v) is 7.49. The van der Waals surface area contributed by atoms with E-state index in [2.05, 4.69) is 10.1 Å². The standard InChI is InChI=1S/C20H21N5O4/c1-23-20(27)25-11-14(4-6-17(25)22-23)24-9-8-16(19(24)26)29-15-5-7-18(21-10-15)28-12-13-2-3-13/h4-7,10-11,13,16H,2-3,8-9,12H2,1H3/t16-/m1/s1. The van der Waals surface area contributed by atoms with Crippen LogP contribution < -0.4 is 20.1 Å². The fraction of sp³-hybridized carbons (Fsp3) is 0.400. The summed E-state index contributed by atoms with van der Waals surface area (Å²) in [5.41, 5.74) is 0.928. The highest BCUT2D eigenvalue weighted by molar-refractivity contribution is 5.99. The molecule has 2 aliphatic rings. The smallest absolute Gasteiger partial charge is 0.350 e. The summed E-state index contributed by atoms with van der Waals surface area (Å²) in [7, 11) is 1.59. The maximum absolute atomic E-state index is 12.8. The van der Waals surface area contributed by atoms with Crippen molar-refractivity contribution >= 4 is 17.2 Å². The lowest BCUT2D eigenvalue weighted by Gasteiger charge is -2.17. The number of fused-ring (bicyclic) bond motifs is 1. The van der Waals surface area contributed by atoms with Gasteiger partial charge in [-0.1, -0.05) is 0 Å². The molecule has 3 aromatic heterocycles. The van der Waals surface area contributed by atoms with E-state index in [1.54, 1.807) is 48.6 Å². The second kappa shape index (κ2) is 6.91. The molecule has 0 spiro atoms. The normalized spacial score (nSPS) is 19.1. The van der Waals surface area contributed by atoms with Gasteiger partial charge in [0.05, 0.1) is 18.5 Å². The van der Waals surface area contributed by atoms with E-state index in [1.807, 2.05) is 0 Å². The van der Waals surface area contributed by atoms with E-state index in [9.17, 15) is 9.59 Å².